The van der Waals surface area contributed by atoms with Crippen molar-refractivity contribution in [2.75, 3.05) is 11.9 Å². The fourth-order valence-electron chi connectivity index (χ4n) is 2.28. The number of amides is 3. The van der Waals surface area contributed by atoms with E-state index in [0.29, 0.717) is 15.7 Å². The minimum absolute atomic E-state index is 0.0615. The van der Waals surface area contributed by atoms with Crippen molar-refractivity contribution < 1.29 is 23.9 Å². The molecule has 3 amide bonds. The Kier molecular flexibility index (Phi) is 9.58. The molecule has 0 spiro atoms. The summed E-state index contributed by atoms with van der Waals surface area (Å²) in [6.07, 6.45) is 0.223. The van der Waals surface area contributed by atoms with Crippen LogP contribution in [-0.2, 0) is 19.1 Å². The summed E-state index contributed by atoms with van der Waals surface area (Å²) in [5, 5.41) is 3.54. The number of ether oxygens (including phenoxy) is 1. The quantitative estimate of drug-likeness (QED) is 0.388. The van der Waals surface area contributed by atoms with Gasteiger partial charge in [-0.25, -0.2) is 0 Å². The van der Waals surface area contributed by atoms with Crippen molar-refractivity contribution in [3.05, 3.63) is 63.1 Å². The van der Waals surface area contributed by atoms with Crippen molar-refractivity contribution in [1.82, 2.24) is 10.9 Å². The fraction of sp³-hybridized carbons (Fsp3) is 0.200. The Morgan fingerprint density at radius 1 is 0.806 bits per heavy atom. The standard InChI is InChI=1S/C20H18Cl3N3O5/c21-14-5-2-1-4-13(14)20(30)26-25-18(28)11-31-19(29)7-3-6-17(27)24-12-8-9-15(22)16(23)10-12/h1-2,4-5,8-10H,3,6-7,11H2,(H,24,27)(H,25,28)(H,26,30). The van der Waals surface area contributed by atoms with E-state index in [4.69, 9.17) is 39.5 Å². The van der Waals surface area contributed by atoms with E-state index < -0.39 is 24.4 Å². The van der Waals surface area contributed by atoms with Crippen molar-refractivity contribution in [2.45, 2.75) is 19.3 Å². The normalized spacial score (nSPS) is 10.2. The second-order valence-electron chi connectivity index (χ2n) is 6.17. The van der Waals surface area contributed by atoms with Crippen LogP contribution < -0.4 is 16.2 Å². The zero-order valence-corrected chi connectivity index (χ0v) is 18.3. The third-order valence-electron chi connectivity index (χ3n) is 3.79. The first-order valence-corrected chi connectivity index (χ1v) is 10.1. The van der Waals surface area contributed by atoms with Gasteiger partial charge in [-0.1, -0.05) is 46.9 Å². The van der Waals surface area contributed by atoms with Crippen molar-refractivity contribution in [3.63, 3.8) is 0 Å². The Balaban J connectivity index is 1.62. The minimum Gasteiger partial charge on any atom is -0.455 e. The van der Waals surface area contributed by atoms with Crippen molar-refractivity contribution >= 4 is 64.2 Å². The van der Waals surface area contributed by atoms with Crippen molar-refractivity contribution in [3.8, 4) is 0 Å². The van der Waals surface area contributed by atoms with Crippen LogP contribution in [0.4, 0.5) is 5.69 Å². The molecular formula is C20H18Cl3N3O5. The molecule has 2 rings (SSSR count). The zero-order chi connectivity index (χ0) is 22.8. The highest BCUT2D eigenvalue weighted by Crippen LogP contribution is 2.25. The highest BCUT2D eigenvalue weighted by Gasteiger charge is 2.12. The summed E-state index contributed by atoms with van der Waals surface area (Å²) in [6.45, 7) is -0.586. The van der Waals surface area contributed by atoms with Crippen LogP contribution in [0.1, 0.15) is 29.6 Å². The van der Waals surface area contributed by atoms with Crippen molar-refractivity contribution in [2.24, 2.45) is 0 Å². The van der Waals surface area contributed by atoms with E-state index in [0.717, 1.165) is 0 Å². The van der Waals surface area contributed by atoms with Crippen LogP contribution in [-0.4, -0.2) is 30.3 Å². The molecule has 0 radical (unpaired) electrons. The van der Waals surface area contributed by atoms with Gasteiger partial charge in [-0.05, 0) is 36.8 Å². The van der Waals surface area contributed by atoms with Gasteiger partial charge in [0, 0.05) is 18.5 Å². The number of hydrogen-bond acceptors (Lipinski definition) is 5. The number of anilines is 1. The molecule has 2 aromatic rings. The van der Waals surface area contributed by atoms with E-state index in [-0.39, 0.29) is 35.8 Å². The molecule has 0 saturated carbocycles. The number of rotatable bonds is 8. The molecule has 0 fully saturated rings. The summed E-state index contributed by atoms with van der Waals surface area (Å²) in [4.78, 5) is 47.2. The van der Waals surface area contributed by atoms with Gasteiger partial charge in [0.1, 0.15) is 0 Å². The highest BCUT2D eigenvalue weighted by atomic mass is 35.5. The molecule has 3 N–H and O–H groups in total. The molecule has 0 aliphatic heterocycles. The SMILES string of the molecule is O=C(COC(=O)CCCC(=O)Nc1ccc(Cl)c(Cl)c1)NNC(=O)c1ccccc1Cl. The predicted octanol–water partition coefficient (Wildman–Crippen LogP) is 3.76. The highest BCUT2D eigenvalue weighted by molar-refractivity contribution is 6.42. The zero-order valence-electron chi connectivity index (χ0n) is 16.0. The Bertz CT molecular complexity index is 984. The fourth-order valence-corrected chi connectivity index (χ4v) is 2.80. The molecule has 0 atom stereocenters. The summed E-state index contributed by atoms with van der Waals surface area (Å²) in [5.74, 6) is -2.31. The molecule has 31 heavy (non-hydrogen) atoms. The topological polar surface area (TPSA) is 114 Å². The number of nitrogens with one attached hydrogen (secondary N) is 3. The lowest BCUT2D eigenvalue weighted by molar-refractivity contribution is -0.148. The van der Waals surface area contributed by atoms with Gasteiger partial charge in [0.25, 0.3) is 11.8 Å². The lowest BCUT2D eigenvalue weighted by Crippen LogP contribution is -2.43. The summed E-state index contributed by atoms with van der Waals surface area (Å²) < 4.78 is 4.80. The molecule has 0 aromatic heterocycles. The molecular weight excluding hydrogens is 469 g/mol. The molecule has 0 aliphatic carbocycles. The Labute approximate surface area is 193 Å². The minimum atomic E-state index is -0.730. The number of carbonyl (C=O) groups excluding carboxylic acids is 4. The molecule has 0 heterocycles. The predicted molar refractivity (Wildman–Crippen MR) is 117 cm³/mol. The smallest absolute Gasteiger partial charge is 0.306 e. The average molecular weight is 487 g/mol. The van der Waals surface area contributed by atoms with Crippen LogP contribution in [0.5, 0.6) is 0 Å². The molecule has 11 heteroatoms. The van der Waals surface area contributed by atoms with Gasteiger partial charge in [0.05, 0.1) is 20.6 Å². The number of halogens is 3. The van der Waals surface area contributed by atoms with Gasteiger partial charge in [0.15, 0.2) is 6.61 Å². The van der Waals surface area contributed by atoms with Gasteiger partial charge < -0.3 is 10.1 Å². The maximum atomic E-state index is 11.9. The third kappa shape index (κ3) is 8.45. The van der Waals surface area contributed by atoms with E-state index in [2.05, 4.69) is 16.2 Å². The maximum Gasteiger partial charge on any atom is 0.306 e. The van der Waals surface area contributed by atoms with E-state index in [1.54, 1.807) is 24.3 Å². The van der Waals surface area contributed by atoms with Crippen LogP contribution in [0.2, 0.25) is 15.1 Å². The lowest BCUT2D eigenvalue weighted by Gasteiger charge is -2.09. The van der Waals surface area contributed by atoms with Crippen LogP contribution in [0.25, 0.3) is 0 Å². The summed E-state index contributed by atoms with van der Waals surface area (Å²) >= 11 is 17.6. The first kappa shape index (κ1) is 24.5. The van der Waals surface area contributed by atoms with Gasteiger partial charge >= 0.3 is 5.97 Å². The molecule has 0 saturated heterocycles. The van der Waals surface area contributed by atoms with Crippen LogP contribution in [0.3, 0.4) is 0 Å². The molecule has 2 aromatic carbocycles. The first-order chi connectivity index (χ1) is 14.8. The summed E-state index contributed by atoms with van der Waals surface area (Å²) in [5.41, 5.74) is 4.95. The number of esters is 1. The summed E-state index contributed by atoms with van der Waals surface area (Å²) in [7, 11) is 0. The lowest BCUT2D eigenvalue weighted by atomic mass is 10.2. The average Bonchev–Trinajstić information content (AvgIpc) is 2.73. The van der Waals surface area contributed by atoms with Crippen LogP contribution in [0.15, 0.2) is 42.5 Å². The monoisotopic (exact) mass is 485 g/mol. The second-order valence-corrected chi connectivity index (χ2v) is 7.40. The Hall–Kier alpha value is -2.81. The molecule has 8 nitrogen and oxygen atoms in total. The van der Waals surface area contributed by atoms with Crippen molar-refractivity contribution in [1.29, 1.82) is 0 Å². The van der Waals surface area contributed by atoms with E-state index in [9.17, 15) is 19.2 Å². The Morgan fingerprint density at radius 2 is 1.55 bits per heavy atom. The van der Waals surface area contributed by atoms with Crippen LogP contribution in [0, 0.1) is 0 Å². The Morgan fingerprint density at radius 3 is 2.26 bits per heavy atom. The molecule has 0 aliphatic rings. The van der Waals surface area contributed by atoms with Gasteiger partial charge in [-0.2, -0.15) is 0 Å². The number of benzene rings is 2. The van der Waals surface area contributed by atoms with E-state index in [1.165, 1.54) is 18.2 Å². The third-order valence-corrected chi connectivity index (χ3v) is 4.85. The van der Waals surface area contributed by atoms with E-state index >= 15 is 0 Å². The molecule has 164 valence electrons. The van der Waals surface area contributed by atoms with Gasteiger partial charge in [-0.15, -0.1) is 0 Å². The maximum absolute atomic E-state index is 11.9. The number of hydrazine groups is 1. The largest absolute Gasteiger partial charge is 0.455 e. The number of carbonyl (C=O) groups is 4. The second kappa shape index (κ2) is 12.1. The molecule has 0 bridgehead atoms. The van der Waals surface area contributed by atoms with Gasteiger partial charge in [0.2, 0.25) is 5.91 Å². The van der Waals surface area contributed by atoms with E-state index in [1.807, 2.05) is 0 Å². The van der Waals surface area contributed by atoms with Crippen LogP contribution >= 0.6 is 34.8 Å². The first-order valence-electron chi connectivity index (χ1n) is 9.00. The summed E-state index contributed by atoms with van der Waals surface area (Å²) in [6, 6.07) is 11.0. The van der Waals surface area contributed by atoms with Gasteiger partial charge in [-0.3, -0.25) is 30.0 Å². The number of hydrogen-bond donors (Lipinski definition) is 3. The molecule has 0 unspecified atom stereocenters.